The van der Waals surface area contributed by atoms with Gasteiger partial charge in [-0.25, -0.2) is 0 Å². The lowest BCUT2D eigenvalue weighted by molar-refractivity contribution is 0.197. The summed E-state index contributed by atoms with van der Waals surface area (Å²) in [6.07, 6.45) is 2.60. The first-order valence-electron chi connectivity index (χ1n) is 5.55. The summed E-state index contributed by atoms with van der Waals surface area (Å²) in [4.78, 5) is 1.27. The molecule has 4 heteroatoms. The molecule has 0 aromatic heterocycles. The molecule has 0 spiro atoms. The first kappa shape index (κ1) is 11.6. The molecule has 16 heavy (non-hydrogen) atoms. The van der Waals surface area contributed by atoms with Gasteiger partial charge >= 0.3 is 0 Å². The maximum absolute atomic E-state index is 9.60. The molecule has 0 saturated carbocycles. The molecule has 1 saturated heterocycles. The van der Waals surface area contributed by atoms with Gasteiger partial charge in [-0.1, -0.05) is 0 Å². The number of rotatable bonds is 4. The van der Waals surface area contributed by atoms with Gasteiger partial charge in [0.25, 0.3) is 0 Å². The van der Waals surface area contributed by atoms with E-state index in [0.29, 0.717) is 16.6 Å². The molecule has 1 aliphatic rings. The Balaban J connectivity index is 2.13. The van der Waals surface area contributed by atoms with Crippen LogP contribution in [0.1, 0.15) is 12.8 Å². The summed E-state index contributed by atoms with van der Waals surface area (Å²) in [5.41, 5.74) is 0. The third-order valence-corrected chi connectivity index (χ3v) is 5.13. The van der Waals surface area contributed by atoms with Gasteiger partial charge in [-0.2, -0.15) is 0 Å². The number of benzene rings is 1. The van der Waals surface area contributed by atoms with E-state index in [2.05, 4.69) is 0 Å². The first-order chi connectivity index (χ1) is 7.81. The molecular weight excluding hydrogens is 224 g/mol. The molecule has 0 unspecified atom stereocenters. The molecule has 1 heterocycles. The number of aliphatic hydroxyl groups is 1. The van der Waals surface area contributed by atoms with E-state index in [0.717, 1.165) is 0 Å². The zero-order chi connectivity index (χ0) is 11.4. The Bertz CT molecular complexity index is 348. The molecule has 88 valence electrons. The highest BCUT2D eigenvalue weighted by atomic mass is 32.2. The van der Waals surface area contributed by atoms with Crippen LogP contribution < -0.4 is 4.74 Å². The molecule has 2 rings (SSSR count). The topological polar surface area (TPSA) is 49.7 Å². The van der Waals surface area contributed by atoms with E-state index in [1.165, 1.54) is 29.2 Å². The third-order valence-electron chi connectivity index (χ3n) is 2.64. The fourth-order valence-corrected chi connectivity index (χ4v) is 4.15. The Morgan fingerprint density at radius 1 is 1.25 bits per heavy atom. The summed E-state index contributed by atoms with van der Waals surface area (Å²) in [5, 5.41) is 18.3. The maximum atomic E-state index is 9.60. The maximum Gasteiger partial charge on any atom is 0.166 e. The highest BCUT2D eigenvalue weighted by Gasteiger charge is 2.27. The van der Waals surface area contributed by atoms with E-state index in [1.54, 1.807) is 6.07 Å². The normalized spacial score (nSPS) is 16.6. The van der Waals surface area contributed by atoms with Crippen molar-refractivity contribution >= 4 is 10.9 Å². The van der Waals surface area contributed by atoms with Gasteiger partial charge in [-0.3, -0.25) is 0 Å². The Morgan fingerprint density at radius 3 is 2.69 bits per heavy atom. The highest BCUT2D eigenvalue weighted by molar-refractivity contribution is 7.97. The van der Waals surface area contributed by atoms with Crippen molar-refractivity contribution in [3.63, 3.8) is 0 Å². The van der Waals surface area contributed by atoms with Crippen molar-refractivity contribution < 1.29 is 14.9 Å². The summed E-state index contributed by atoms with van der Waals surface area (Å²) < 4.78 is 5.29. The largest absolute Gasteiger partial charge is 0.504 e. The van der Waals surface area contributed by atoms with Gasteiger partial charge in [-0.05, 0) is 25.0 Å². The van der Waals surface area contributed by atoms with E-state index < -0.39 is 0 Å². The minimum absolute atomic E-state index is 0.0324. The number of phenols is 1. The van der Waals surface area contributed by atoms with Crippen molar-refractivity contribution in [2.24, 2.45) is 0 Å². The quantitative estimate of drug-likeness (QED) is 0.786. The molecule has 1 aromatic carbocycles. The van der Waals surface area contributed by atoms with Crippen LogP contribution in [0.2, 0.25) is 0 Å². The molecule has 1 aliphatic heterocycles. The van der Waals surface area contributed by atoms with Gasteiger partial charge in [-0.15, -0.1) is 0 Å². The minimum Gasteiger partial charge on any atom is -0.504 e. The lowest BCUT2D eigenvalue weighted by atomic mass is 10.3. The van der Waals surface area contributed by atoms with E-state index in [9.17, 15) is 5.11 Å². The average Bonchev–Trinajstić information content (AvgIpc) is 2.81. The number of hydrogen-bond acceptors (Lipinski definition) is 3. The Labute approximate surface area is 98.4 Å². The van der Waals surface area contributed by atoms with Gasteiger partial charge in [0.05, 0.1) is 6.61 Å². The summed E-state index contributed by atoms with van der Waals surface area (Å²) in [6.45, 7) is 0.195. The second kappa shape index (κ2) is 5.46. The predicted molar refractivity (Wildman–Crippen MR) is 65.3 cm³/mol. The van der Waals surface area contributed by atoms with Crippen LogP contribution in [0.5, 0.6) is 11.5 Å². The molecule has 1 fully saturated rings. The summed E-state index contributed by atoms with van der Waals surface area (Å²) in [5.74, 6) is 3.15. The number of hydrogen-bond donors (Lipinski definition) is 2. The Morgan fingerprint density at radius 2 is 2.00 bits per heavy atom. The van der Waals surface area contributed by atoms with Gasteiger partial charge in [0.15, 0.2) is 16.4 Å². The molecule has 0 aliphatic carbocycles. The molecule has 0 amide bonds. The van der Waals surface area contributed by atoms with Crippen molar-refractivity contribution in [3.05, 3.63) is 18.2 Å². The summed E-state index contributed by atoms with van der Waals surface area (Å²) >= 11 is 0. The number of ether oxygens (including phenoxy) is 1. The monoisotopic (exact) mass is 241 g/mol. The second-order valence-corrected chi connectivity index (χ2v) is 6.08. The van der Waals surface area contributed by atoms with Crippen LogP contribution in [0.15, 0.2) is 23.1 Å². The van der Waals surface area contributed by atoms with Crippen molar-refractivity contribution in [2.45, 2.75) is 17.7 Å². The van der Waals surface area contributed by atoms with Crippen LogP contribution in [-0.4, -0.2) is 34.9 Å². The molecule has 1 aromatic rings. The number of aromatic hydroxyl groups is 1. The van der Waals surface area contributed by atoms with Crippen molar-refractivity contribution in [3.8, 4) is 11.5 Å². The lowest BCUT2D eigenvalue weighted by Gasteiger charge is -2.07. The smallest absolute Gasteiger partial charge is 0.166 e. The van der Waals surface area contributed by atoms with E-state index in [-0.39, 0.29) is 19.0 Å². The van der Waals surface area contributed by atoms with Crippen molar-refractivity contribution in [1.29, 1.82) is 0 Å². The van der Waals surface area contributed by atoms with Crippen LogP contribution in [-0.2, 0) is 10.9 Å². The van der Waals surface area contributed by atoms with Crippen LogP contribution in [0.25, 0.3) is 0 Å². The van der Waals surface area contributed by atoms with E-state index >= 15 is 0 Å². The molecule has 0 atom stereocenters. The highest BCUT2D eigenvalue weighted by Crippen LogP contribution is 2.32. The standard InChI is InChI=1S/C12H16O3S/c13-5-6-15-12-9-10(3-4-11(12)14)16-7-1-2-8-16/h3-4,9,13H,1-2,5-8H2/p+1. The summed E-state index contributed by atoms with van der Waals surface area (Å²) in [7, 11) is 0.332. The van der Waals surface area contributed by atoms with Gasteiger partial charge in [0.1, 0.15) is 18.1 Å². The van der Waals surface area contributed by atoms with Gasteiger partial charge in [0, 0.05) is 17.0 Å². The van der Waals surface area contributed by atoms with Crippen LogP contribution in [0.4, 0.5) is 0 Å². The molecule has 0 radical (unpaired) electrons. The SMILES string of the molecule is OCCOc1cc([S+]2CCCC2)ccc1O. The minimum atomic E-state index is -0.0324. The molecule has 3 nitrogen and oxygen atoms in total. The van der Waals surface area contributed by atoms with Gasteiger partial charge < -0.3 is 14.9 Å². The van der Waals surface area contributed by atoms with E-state index in [4.69, 9.17) is 9.84 Å². The lowest BCUT2D eigenvalue weighted by Crippen LogP contribution is -2.06. The van der Waals surface area contributed by atoms with Crippen LogP contribution in [0.3, 0.4) is 0 Å². The van der Waals surface area contributed by atoms with Crippen LogP contribution >= 0.6 is 0 Å². The van der Waals surface area contributed by atoms with Crippen LogP contribution in [0, 0.1) is 0 Å². The molecular formula is C12H17O3S+. The Kier molecular flexibility index (Phi) is 3.96. The fraction of sp³-hybridized carbons (Fsp3) is 0.500. The second-order valence-electron chi connectivity index (χ2n) is 3.81. The number of phenolic OH excluding ortho intramolecular Hbond substituents is 1. The van der Waals surface area contributed by atoms with E-state index in [1.807, 2.05) is 12.1 Å². The van der Waals surface area contributed by atoms with Crippen molar-refractivity contribution in [2.75, 3.05) is 24.7 Å². The fourth-order valence-electron chi connectivity index (χ4n) is 1.84. The number of aliphatic hydroxyl groups excluding tert-OH is 1. The molecule has 2 N–H and O–H groups in total. The zero-order valence-electron chi connectivity index (χ0n) is 9.19. The van der Waals surface area contributed by atoms with Gasteiger partial charge in [0.2, 0.25) is 0 Å². The summed E-state index contributed by atoms with van der Waals surface area (Å²) in [6, 6.07) is 5.59. The average molecular weight is 241 g/mol. The molecule has 0 bridgehead atoms. The zero-order valence-corrected chi connectivity index (χ0v) is 10.0. The third kappa shape index (κ3) is 2.62. The predicted octanol–water partition coefficient (Wildman–Crippen LogP) is 1.53. The first-order valence-corrected chi connectivity index (χ1v) is 7.12. The van der Waals surface area contributed by atoms with Crippen molar-refractivity contribution in [1.82, 2.24) is 0 Å². The Hall–Kier alpha value is -0.870.